The lowest BCUT2D eigenvalue weighted by Crippen LogP contribution is -2.75. The number of thioether (sulfide) groups is 2. The number of amides is 2. The van der Waals surface area contributed by atoms with Crippen LogP contribution in [0.5, 0.6) is 11.5 Å². The Bertz CT molecular complexity index is 1250. The molecule has 8 nitrogen and oxygen atoms in total. The molecule has 2 bridgehead atoms. The zero-order valence-corrected chi connectivity index (χ0v) is 27.9. The maximum absolute atomic E-state index is 13.7. The molecule has 2 amide bonds. The molecule has 5 rings (SSSR count). The molecule has 1 saturated heterocycles. The number of benzene rings is 1. The van der Waals surface area contributed by atoms with E-state index in [2.05, 4.69) is 5.32 Å². The van der Waals surface area contributed by atoms with E-state index < -0.39 is 22.4 Å². The van der Waals surface area contributed by atoms with Crippen LogP contribution in [-0.2, 0) is 21.4 Å². The highest BCUT2D eigenvalue weighted by Gasteiger charge is 2.74. The van der Waals surface area contributed by atoms with E-state index in [1.165, 1.54) is 23.5 Å². The molecule has 13 heteroatoms. The third kappa shape index (κ3) is 6.12. The van der Waals surface area contributed by atoms with Crippen molar-refractivity contribution in [2.45, 2.75) is 86.5 Å². The zero-order chi connectivity index (χ0) is 30.6. The topological polar surface area (TPSA) is 102 Å². The van der Waals surface area contributed by atoms with Crippen LogP contribution in [0.3, 0.4) is 0 Å². The second-order valence-electron chi connectivity index (χ2n) is 11.4. The van der Waals surface area contributed by atoms with Crippen LogP contribution >= 0.6 is 58.3 Å². The van der Waals surface area contributed by atoms with Gasteiger partial charge < -0.3 is 19.7 Å². The number of carbonyl (C=O) groups excluding carboxylic acids is 4. The Hall–Kier alpha value is -1.33. The monoisotopic (exact) mass is 690 g/mol. The Labute approximate surface area is 276 Å². The number of hydrogen-bond donors (Lipinski definition) is 1. The third-order valence-corrected chi connectivity index (χ3v) is 12.6. The van der Waals surface area contributed by atoms with Crippen LogP contribution in [0.1, 0.15) is 68.9 Å². The molecule has 1 aromatic rings. The van der Waals surface area contributed by atoms with Crippen molar-refractivity contribution in [1.29, 1.82) is 0 Å². The van der Waals surface area contributed by atoms with E-state index >= 15 is 0 Å². The summed E-state index contributed by atoms with van der Waals surface area (Å²) < 4.78 is 11.4. The number of ketones is 1. The van der Waals surface area contributed by atoms with Gasteiger partial charge in [-0.15, -0.1) is 34.8 Å². The molecule has 0 radical (unpaired) electrons. The Kier molecular flexibility index (Phi) is 11.1. The van der Waals surface area contributed by atoms with Crippen molar-refractivity contribution < 1.29 is 28.7 Å². The Morgan fingerprint density at radius 2 is 1.84 bits per heavy atom. The smallest absolute Gasteiger partial charge is 0.412 e. The molecule has 0 aromatic heterocycles. The van der Waals surface area contributed by atoms with E-state index in [4.69, 9.17) is 44.3 Å². The van der Waals surface area contributed by atoms with Crippen molar-refractivity contribution in [3.63, 3.8) is 0 Å². The van der Waals surface area contributed by atoms with Crippen molar-refractivity contribution in [3.8, 4) is 11.5 Å². The summed E-state index contributed by atoms with van der Waals surface area (Å²) in [4.78, 5) is 55.5. The highest BCUT2D eigenvalue weighted by molar-refractivity contribution is 8.39. The quantitative estimate of drug-likeness (QED) is 0.181. The molecule has 4 aliphatic rings. The maximum Gasteiger partial charge on any atom is 0.412 e. The minimum atomic E-state index is -0.826. The number of nitrogens with one attached hydrogen (secondary N) is 1. The summed E-state index contributed by atoms with van der Waals surface area (Å²) in [6.45, 7) is 0.833. The van der Waals surface area contributed by atoms with Crippen LogP contribution in [0.15, 0.2) is 12.1 Å². The van der Waals surface area contributed by atoms with Crippen molar-refractivity contribution in [2.24, 2.45) is 0 Å². The van der Waals surface area contributed by atoms with Crippen LogP contribution in [-0.4, -0.2) is 80.5 Å². The first kappa shape index (κ1) is 33.0. The van der Waals surface area contributed by atoms with Gasteiger partial charge >= 0.3 is 6.09 Å². The van der Waals surface area contributed by atoms with Crippen LogP contribution < -0.4 is 14.8 Å². The molecule has 2 unspecified atom stereocenters. The molecular weight excluding hydrogens is 655 g/mol. The fourth-order valence-electron chi connectivity index (χ4n) is 7.35. The number of ether oxygens (including phenoxy) is 2. The standard InChI is InChI=1S/C30H37Cl3N2O6S2/c31-12-3-1-2-6-23(37)35-16-11-29-24-19-7-8-21(40-27(38)34-15-4-13-32)25(24)41-26(29)20(36)9-10-30(29,22(35)18-19)43-28(39)42-17-5-14-33/h7-8,22,26H,1-6,9-18H2,(H,34,38)/t22-,26+,29?,30?/m1/s1. The van der Waals surface area contributed by atoms with Crippen LogP contribution in [0.4, 0.5) is 9.59 Å². The van der Waals surface area contributed by atoms with Crippen molar-refractivity contribution in [3.05, 3.63) is 23.3 Å². The lowest BCUT2D eigenvalue weighted by atomic mass is 9.51. The lowest BCUT2D eigenvalue weighted by Gasteiger charge is -2.64. The van der Waals surface area contributed by atoms with Gasteiger partial charge in [-0.3, -0.25) is 14.4 Å². The van der Waals surface area contributed by atoms with Crippen molar-refractivity contribution in [2.75, 3.05) is 36.5 Å². The first-order valence-electron chi connectivity index (χ1n) is 15.0. The number of carbonyl (C=O) groups is 4. The highest BCUT2D eigenvalue weighted by Crippen LogP contribution is 2.69. The fourth-order valence-corrected chi connectivity index (χ4v) is 10.7. The van der Waals surface area contributed by atoms with Gasteiger partial charge in [0.1, 0.15) is 0 Å². The van der Waals surface area contributed by atoms with E-state index in [1.807, 2.05) is 11.0 Å². The predicted molar refractivity (Wildman–Crippen MR) is 173 cm³/mol. The maximum atomic E-state index is 13.7. The summed E-state index contributed by atoms with van der Waals surface area (Å²) in [5, 5.41) is 2.69. The third-order valence-electron chi connectivity index (χ3n) is 9.09. The number of hydrogen-bond acceptors (Lipinski definition) is 8. The molecule has 236 valence electrons. The van der Waals surface area contributed by atoms with Gasteiger partial charge in [-0.1, -0.05) is 36.0 Å². The normalized spacial score (nSPS) is 26.5. The van der Waals surface area contributed by atoms with Crippen LogP contribution in [0.2, 0.25) is 0 Å². The average Bonchev–Trinajstić information content (AvgIpc) is 3.34. The molecule has 4 atom stereocenters. The summed E-state index contributed by atoms with van der Waals surface area (Å²) in [6, 6.07) is 3.34. The molecule has 1 saturated carbocycles. The zero-order valence-electron chi connectivity index (χ0n) is 24.0. The second kappa shape index (κ2) is 14.4. The minimum Gasteiger partial charge on any atom is -0.477 e. The van der Waals surface area contributed by atoms with Gasteiger partial charge in [0, 0.05) is 54.9 Å². The number of halogens is 3. The van der Waals surface area contributed by atoms with Gasteiger partial charge in [-0.25, -0.2) is 4.79 Å². The molecule has 1 spiro atoms. The molecule has 43 heavy (non-hydrogen) atoms. The fraction of sp³-hybridized carbons (Fsp3) is 0.667. The highest BCUT2D eigenvalue weighted by atomic mass is 35.5. The van der Waals surface area contributed by atoms with Gasteiger partial charge in [-0.05, 0) is 56.6 Å². The Morgan fingerprint density at radius 1 is 1.05 bits per heavy atom. The van der Waals surface area contributed by atoms with Crippen molar-refractivity contribution >= 4 is 80.6 Å². The number of nitrogens with zero attached hydrogens (tertiary/aromatic N) is 1. The van der Waals surface area contributed by atoms with Gasteiger partial charge in [0.15, 0.2) is 23.4 Å². The van der Waals surface area contributed by atoms with Gasteiger partial charge in [0.2, 0.25) is 10.4 Å². The number of unbranched alkanes of at least 4 members (excludes halogenated alkanes) is 2. The van der Waals surface area contributed by atoms with E-state index in [0.29, 0.717) is 80.8 Å². The average molecular weight is 692 g/mol. The van der Waals surface area contributed by atoms with Gasteiger partial charge in [-0.2, -0.15) is 0 Å². The van der Waals surface area contributed by atoms with Crippen LogP contribution in [0.25, 0.3) is 0 Å². The molecule has 2 aliphatic heterocycles. The van der Waals surface area contributed by atoms with Crippen LogP contribution in [0, 0.1) is 0 Å². The molecule has 2 fully saturated rings. The van der Waals surface area contributed by atoms with Gasteiger partial charge in [0.25, 0.3) is 0 Å². The lowest BCUT2D eigenvalue weighted by molar-refractivity contribution is -0.145. The van der Waals surface area contributed by atoms with E-state index in [0.717, 1.165) is 30.4 Å². The molecule has 1 aromatic carbocycles. The number of piperidine rings is 1. The molecule has 1 N–H and O–H groups in total. The number of likely N-dealkylation sites (tertiary alicyclic amines) is 1. The van der Waals surface area contributed by atoms with Crippen molar-refractivity contribution in [1.82, 2.24) is 10.2 Å². The predicted octanol–water partition coefficient (Wildman–Crippen LogP) is 6.68. The van der Waals surface area contributed by atoms with Gasteiger partial charge in [0.05, 0.1) is 16.2 Å². The minimum absolute atomic E-state index is 0.0281. The first-order valence-corrected chi connectivity index (χ1v) is 18.4. The molecule has 2 heterocycles. The SMILES string of the molecule is O=C(NCCCCl)Oc1ccc2c3c1O[C@H]1C(=O)CCC4(SC(=O)SCCCCl)[C@@H](C2)N(C(=O)CCCCCCl)CCC314. The number of rotatable bonds is 13. The summed E-state index contributed by atoms with van der Waals surface area (Å²) in [7, 11) is 0. The summed E-state index contributed by atoms with van der Waals surface area (Å²) in [6.07, 6.45) is 4.48. The summed E-state index contributed by atoms with van der Waals surface area (Å²) >= 11 is 20.0. The number of alkyl halides is 3. The van der Waals surface area contributed by atoms with E-state index in [1.54, 1.807) is 6.07 Å². The summed E-state index contributed by atoms with van der Waals surface area (Å²) in [5.41, 5.74) is 0.992. The first-order chi connectivity index (χ1) is 20.8. The second-order valence-corrected chi connectivity index (χ2v) is 15.2. The number of Topliss-reactive ketones (excluding diaryl/α,β-unsaturated/α-hetero) is 1. The Morgan fingerprint density at radius 3 is 2.60 bits per heavy atom. The largest absolute Gasteiger partial charge is 0.477 e. The van der Waals surface area contributed by atoms with E-state index in [9.17, 15) is 19.2 Å². The van der Waals surface area contributed by atoms with E-state index in [-0.39, 0.29) is 34.3 Å². The molecular formula is C30H37Cl3N2O6S2. The Balaban J connectivity index is 1.55. The summed E-state index contributed by atoms with van der Waals surface area (Å²) in [5.74, 6) is 2.74. The molecule has 2 aliphatic carbocycles.